The van der Waals surface area contributed by atoms with Gasteiger partial charge < -0.3 is 4.74 Å². The molecule has 0 aliphatic carbocycles. The van der Waals surface area contributed by atoms with Gasteiger partial charge >= 0.3 is 5.97 Å². The Kier molecular flexibility index (Phi) is 3.51. The number of hydrogen-bond donors (Lipinski definition) is 0. The second kappa shape index (κ2) is 5.52. The number of esters is 1. The lowest BCUT2D eigenvalue weighted by Crippen LogP contribution is -2.47. The van der Waals surface area contributed by atoms with E-state index < -0.39 is 0 Å². The standard InChI is InChI=1S/C18H19NO2S/c20-17-10-15-12-22-13-16(15)18(21-17)6-8-19(9-7-18)11-14-4-2-1-3-5-14/h1-5,12-13H,6-11H2. The molecule has 2 aromatic rings. The lowest BCUT2D eigenvalue weighted by molar-refractivity contribution is -0.169. The number of hydrogen-bond acceptors (Lipinski definition) is 4. The Balaban J connectivity index is 1.49. The summed E-state index contributed by atoms with van der Waals surface area (Å²) in [6.07, 6.45) is 2.24. The van der Waals surface area contributed by atoms with Gasteiger partial charge in [-0.3, -0.25) is 9.69 Å². The Bertz CT molecular complexity index is 671. The van der Waals surface area contributed by atoms with Crippen LogP contribution < -0.4 is 0 Å². The summed E-state index contributed by atoms with van der Waals surface area (Å²) in [4.78, 5) is 14.4. The van der Waals surface area contributed by atoms with Crippen LogP contribution in [0.2, 0.25) is 0 Å². The first-order chi connectivity index (χ1) is 10.8. The molecule has 3 heterocycles. The molecule has 1 aromatic heterocycles. The predicted molar refractivity (Wildman–Crippen MR) is 86.7 cm³/mol. The minimum atomic E-state index is -0.363. The van der Waals surface area contributed by atoms with Crippen LogP contribution in [0.4, 0.5) is 0 Å². The fourth-order valence-corrected chi connectivity index (χ4v) is 4.55. The van der Waals surface area contributed by atoms with Gasteiger partial charge in [0.25, 0.3) is 0 Å². The van der Waals surface area contributed by atoms with Gasteiger partial charge in [-0.1, -0.05) is 30.3 Å². The molecule has 0 unspecified atom stereocenters. The quantitative estimate of drug-likeness (QED) is 0.797. The molecule has 1 saturated heterocycles. The Labute approximate surface area is 134 Å². The molecule has 0 amide bonds. The highest BCUT2D eigenvalue weighted by atomic mass is 32.1. The van der Waals surface area contributed by atoms with E-state index in [4.69, 9.17) is 4.74 Å². The van der Waals surface area contributed by atoms with Crippen LogP contribution >= 0.6 is 11.3 Å². The second-order valence-electron chi connectivity index (χ2n) is 6.22. The summed E-state index contributed by atoms with van der Waals surface area (Å²) in [5, 5.41) is 4.28. The van der Waals surface area contributed by atoms with Gasteiger partial charge in [0.2, 0.25) is 0 Å². The molecule has 22 heavy (non-hydrogen) atoms. The summed E-state index contributed by atoms with van der Waals surface area (Å²) >= 11 is 1.68. The lowest BCUT2D eigenvalue weighted by Gasteiger charge is -2.43. The van der Waals surface area contributed by atoms with E-state index in [-0.39, 0.29) is 11.6 Å². The van der Waals surface area contributed by atoms with E-state index in [9.17, 15) is 4.79 Å². The molecule has 0 N–H and O–H groups in total. The minimum Gasteiger partial charge on any atom is -0.454 e. The molecule has 1 fully saturated rings. The first-order valence-electron chi connectivity index (χ1n) is 7.79. The number of likely N-dealkylation sites (tertiary alicyclic amines) is 1. The van der Waals surface area contributed by atoms with Gasteiger partial charge in [0.15, 0.2) is 0 Å². The van der Waals surface area contributed by atoms with Crippen molar-refractivity contribution in [3.63, 3.8) is 0 Å². The molecular formula is C18H19NO2S. The smallest absolute Gasteiger partial charge is 0.311 e. The van der Waals surface area contributed by atoms with Crippen molar-refractivity contribution in [2.75, 3.05) is 13.1 Å². The first kappa shape index (κ1) is 14.0. The maximum absolute atomic E-state index is 11.9. The highest BCUT2D eigenvalue weighted by Gasteiger charge is 2.44. The molecule has 0 atom stereocenters. The Morgan fingerprint density at radius 2 is 1.91 bits per heavy atom. The van der Waals surface area contributed by atoms with Gasteiger partial charge in [-0.2, -0.15) is 11.3 Å². The van der Waals surface area contributed by atoms with Crippen molar-refractivity contribution < 1.29 is 9.53 Å². The van der Waals surface area contributed by atoms with Crippen molar-refractivity contribution in [1.82, 2.24) is 4.90 Å². The van der Waals surface area contributed by atoms with Crippen LogP contribution in [0.25, 0.3) is 0 Å². The zero-order chi connectivity index (χ0) is 15.0. The second-order valence-corrected chi connectivity index (χ2v) is 6.96. The third-order valence-corrected chi connectivity index (χ3v) is 5.58. The molecule has 3 nitrogen and oxygen atoms in total. The summed E-state index contributed by atoms with van der Waals surface area (Å²) in [5.74, 6) is -0.0672. The molecule has 2 aliphatic heterocycles. The third-order valence-electron chi connectivity index (χ3n) is 4.79. The molecule has 0 bridgehead atoms. The Morgan fingerprint density at radius 1 is 1.14 bits per heavy atom. The van der Waals surface area contributed by atoms with E-state index in [0.717, 1.165) is 32.5 Å². The van der Waals surface area contributed by atoms with Crippen LogP contribution in [0.5, 0.6) is 0 Å². The molecule has 4 rings (SSSR count). The number of carbonyl (C=O) groups excluding carboxylic acids is 1. The zero-order valence-corrected chi connectivity index (χ0v) is 13.3. The molecule has 0 saturated carbocycles. The van der Waals surface area contributed by atoms with E-state index in [0.29, 0.717) is 6.42 Å². The number of benzene rings is 1. The Hall–Kier alpha value is -1.65. The summed E-state index contributed by atoms with van der Waals surface area (Å²) in [6, 6.07) is 10.6. The van der Waals surface area contributed by atoms with Gasteiger partial charge in [-0.25, -0.2) is 0 Å². The molecule has 1 aromatic carbocycles. The normalized spacial score (nSPS) is 20.6. The number of thiophene rings is 1. The number of carbonyl (C=O) groups is 1. The van der Waals surface area contributed by atoms with E-state index in [1.807, 2.05) is 6.07 Å². The highest BCUT2D eigenvalue weighted by molar-refractivity contribution is 7.08. The van der Waals surface area contributed by atoms with E-state index >= 15 is 0 Å². The van der Waals surface area contributed by atoms with E-state index in [2.05, 4.69) is 39.9 Å². The minimum absolute atomic E-state index is 0.0672. The SMILES string of the molecule is O=C1Cc2cscc2C2(CCN(Cc3ccccc3)CC2)O1. The number of rotatable bonds is 2. The lowest BCUT2D eigenvalue weighted by atomic mass is 9.81. The van der Waals surface area contributed by atoms with Gasteiger partial charge in [0.1, 0.15) is 5.60 Å². The maximum Gasteiger partial charge on any atom is 0.311 e. The van der Waals surface area contributed by atoms with Gasteiger partial charge in [0.05, 0.1) is 6.42 Å². The van der Waals surface area contributed by atoms with Crippen molar-refractivity contribution >= 4 is 17.3 Å². The van der Waals surface area contributed by atoms with Gasteiger partial charge in [-0.15, -0.1) is 0 Å². The largest absolute Gasteiger partial charge is 0.454 e. The number of nitrogens with zero attached hydrogens (tertiary/aromatic N) is 1. The zero-order valence-electron chi connectivity index (χ0n) is 12.5. The monoisotopic (exact) mass is 313 g/mol. The van der Waals surface area contributed by atoms with Crippen LogP contribution in [0.1, 0.15) is 29.5 Å². The summed E-state index contributed by atoms with van der Waals surface area (Å²) in [6.45, 7) is 2.91. The van der Waals surface area contributed by atoms with E-state index in [1.165, 1.54) is 16.7 Å². The average Bonchev–Trinajstić information content (AvgIpc) is 3.00. The predicted octanol–water partition coefficient (Wildman–Crippen LogP) is 3.34. The van der Waals surface area contributed by atoms with Crippen molar-refractivity contribution in [3.8, 4) is 0 Å². The van der Waals surface area contributed by atoms with Crippen LogP contribution in [-0.4, -0.2) is 24.0 Å². The molecule has 4 heteroatoms. The number of ether oxygens (including phenoxy) is 1. The average molecular weight is 313 g/mol. The summed E-state index contributed by atoms with van der Waals surface area (Å²) in [5.41, 5.74) is 3.42. The van der Waals surface area contributed by atoms with Crippen LogP contribution in [-0.2, 0) is 28.1 Å². The Morgan fingerprint density at radius 3 is 2.68 bits per heavy atom. The topological polar surface area (TPSA) is 29.5 Å². The number of piperidine rings is 1. The van der Waals surface area contributed by atoms with Crippen LogP contribution in [0.15, 0.2) is 41.1 Å². The highest BCUT2D eigenvalue weighted by Crippen LogP contribution is 2.43. The van der Waals surface area contributed by atoms with Gasteiger partial charge in [0, 0.05) is 38.0 Å². The molecule has 114 valence electrons. The third kappa shape index (κ3) is 2.46. The number of fused-ring (bicyclic) bond motifs is 2. The van der Waals surface area contributed by atoms with Gasteiger partial charge in [-0.05, 0) is 21.9 Å². The van der Waals surface area contributed by atoms with Crippen molar-refractivity contribution in [1.29, 1.82) is 0 Å². The molecular weight excluding hydrogens is 294 g/mol. The van der Waals surface area contributed by atoms with Crippen LogP contribution in [0.3, 0.4) is 0 Å². The first-order valence-corrected chi connectivity index (χ1v) is 8.73. The molecule has 1 spiro atoms. The van der Waals surface area contributed by atoms with Crippen molar-refractivity contribution in [3.05, 3.63) is 57.8 Å². The maximum atomic E-state index is 11.9. The van der Waals surface area contributed by atoms with E-state index in [1.54, 1.807) is 11.3 Å². The van der Waals surface area contributed by atoms with Crippen molar-refractivity contribution in [2.45, 2.75) is 31.4 Å². The molecule has 0 radical (unpaired) electrons. The fraction of sp³-hybridized carbons (Fsp3) is 0.389. The summed E-state index contributed by atoms with van der Waals surface area (Å²) < 4.78 is 5.84. The van der Waals surface area contributed by atoms with Crippen molar-refractivity contribution in [2.24, 2.45) is 0 Å². The molecule has 2 aliphatic rings. The van der Waals surface area contributed by atoms with Crippen LogP contribution in [0, 0.1) is 0 Å². The fourth-order valence-electron chi connectivity index (χ4n) is 3.61. The summed E-state index contributed by atoms with van der Waals surface area (Å²) in [7, 11) is 0.